The average Bonchev–Trinajstić information content (AvgIpc) is 2.47. The van der Waals surface area contributed by atoms with E-state index in [-0.39, 0.29) is 0 Å². The van der Waals surface area contributed by atoms with Crippen LogP contribution in [0.2, 0.25) is 5.15 Å². The van der Waals surface area contributed by atoms with Gasteiger partial charge in [-0.1, -0.05) is 17.7 Å². The number of halogens is 1. The summed E-state index contributed by atoms with van der Waals surface area (Å²) < 4.78 is 0. The molecule has 0 saturated carbocycles. The van der Waals surface area contributed by atoms with Crippen molar-refractivity contribution in [3.63, 3.8) is 0 Å². The van der Waals surface area contributed by atoms with Gasteiger partial charge in [0, 0.05) is 12.7 Å². The lowest BCUT2D eigenvalue weighted by Crippen LogP contribution is -2.45. The summed E-state index contributed by atoms with van der Waals surface area (Å²) in [5, 5.41) is 0.581. The first-order valence-corrected chi connectivity index (χ1v) is 8.04. The lowest BCUT2D eigenvalue weighted by molar-refractivity contribution is 0.0400. The highest BCUT2D eigenvalue weighted by molar-refractivity contribution is 6.29. The molecular formula is C16H24ClN3. The van der Waals surface area contributed by atoms with Gasteiger partial charge in [-0.2, -0.15) is 0 Å². The van der Waals surface area contributed by atoms with Gasteiger partial charge < -0.3 is 4.90 Å². The fourth-order valence-corrected chi connectivity index (χ4v) is 3.65. The molecule has 110 valence electrons. The Kier molecular flexibility index (Phi) is 4.29. The van der Waals surface area contributed by atoms with Crippen molar-refractivity contribution in [3.8, 4) is 0 Å². The molecule has 0 amide bonds. The zero-order valence-corrected chi connectivity index (χ0v) is 13.1. The van der Waals surface area contributed by atoms with E-state index < -0.39 is 0 Å². The number of nitrogens with zero attached hydrogens (tertiary/aromatic N) is 3. The molecule has 3 nitrogen and oxygen atoms in total. The minimum Gasteiger partial charge on any atom is -0.306 e. The molecule has 0 atom stereocenters. The fraction of sp³-hybridized carbons (Fsp3) is 0.688. The molecule has 0 unspecified atom stereocenters. The number of likely N-dealkylation sites (tertiary alicyclic amines) is 2. The molecule has 1 aromatic rings. The van der Waals surface area contributed by atoms with Gasteiger partial charge in [0.15, 0.2) is 0 Å². The molecule has 2 fully saturated rings. The van der Waals surface area contributed by atoms with Gasteiger partial charge in [0.2, 0.25) is 0 Å². The molecule has 2 aliphatic heterocycles. The molecule has 0 bridgehead atoms. The highest BCUT2D eigenvalue weighted by Crippen LogP contribution is 2.41. The molecule has 0 radical (unpaired) electrons. The van der Waals surface area contributed by atoms with Crippen LogP contribution in [0.1, 0.15) is 31.2 Å². The lowest BCUT2D eigenvalue weighted by Gasteiger charge is -2.46. The molecule has 3 rings (SSSR count). The number of rotatable bonds is 2. The summed E-state index contributed by atoms with van der Waals surface area (Å²) in [6.07, 6.45) is 7.41. The average molecular weight is 294 g/mol. The first kappa shape index (κ1) is 14.3. The largest absolute Gasteiger partial charge is 0.306 e. The van der Waals surface area contributed by atoms with Crippen LogP contribution in [0, 0.1) is 5.41 Å². The van der Waals surface area contributed by atoms with E-state index in [2.05, 4.69) is 27.9 Å². The second-order valence-electron chi connectivity index (χ2n) is 6.57. The summed E-state index contributed by atoms with van der Waals surface area (Å²) in [5.74, 6) is 0. The van der Waals surface area contributed by atoms with Crippen LogP contribution in [0.5, 0.6) is 0 Å². The molecule has 1 spiro atoms. The summed E-state index contributed by atoms with van der Waals surface area (Å²) in [6, 6.07) is 3.98. The fourth-order valence-electron chi connectivity index (χ4n) is 3.54. The predicted molar refractivity (Wildman–Crippen MR) is 82.9 cm³/mol. The lowest BCUT2D eigenvalue weighted by atomic mass is 9.71. The van der Waals surface area contributed by atoms with Crippen LogP contribution < -0.4 is 0 Å². The highest BCUT2D eigenvalue weighted by atomic mass is 35.5. The Morgan fingerprint density at radius 2 is 1.75 bits per heavy atom. The van der Waals surface area contributed by atoms with E-state index in [0.717, 1.165) is 6.54 Å². The topological polar surface area (TPSA) is 19.4 Å². The maximum absolute atomic E-state index is 5.83. The van der Waals surface area contributed by atoms with Crippen molar-refractivity contribution in [2.45, 2.75) is 32.2 Å². The van der Waals surface area contributed by atoms with Crippen molar-refractivity contribution in [1.29, 1.82) is 0 Å². The Morgan fingerprint density at radius 3 is 2.35 bits per heavy atom. The van der Waals surface area contributed by atoms with E-state index >= 15 is 0 Å². The quantitative estimate of drug-likeness (QED) is 0.781. The molecule has 1 aromatic heterocycles. The second-order valence-corrected chi connectivity index (χ2v) is 6.96. The standard InChI is InChI=1S/C16H24ClN3/c1-19-8-4-16(5-9-19)6-10-20(11-7-16)13-14-2-3-15(17)18-12-14/h2-3,12H,4-11,13H2,1H3. The van der Waals surface area contributed by atoms with Crippen molar-refractivity contribution in [1.82, 2.24) is 14.8 Å². The Bertz CT molecular complexity index is 428. The summed E-state index contributed by atoms with van der Waals surface area (Å²) in [7, 11) is 2.25. The van der Waals surface area contributed by atoms with Crippen LogP contribution in [0.25, 0.3) is 0 Å². The van der Waals surface area contributed by atoms with Gasteiger partial charge in [-0.3, -0.25) is 4.90 Å². The van der Waals surface area contributed by atoms with E-state index in [9.17, 15) is 0 Å². The van der Waals surface area contributed by atoms with Crippen molar-refractivity contribution < 1.29 is 0 Å². The third kappa shape index (κ3) is 3.33. The predicted octanol–water partition coefficient (Wildman–Crippen LogP) is 3.04. The molecule has 20 heavy (non-hydrogen) atoms. The Hall–Kier alpha value is -0.640. The van der Waals surface area contributed by atoms with E-state index in [1.165, 1.54) is 57.4 Å². The van der Waals surface area contributed by atoms with Crippen LogP contribution in [0.4, 0.5) is 0 Å². The third-order valence-electron chi connectivity index (χ3n) is 5.16. The minimum absolute atomic E-state index is 0.581. The van der Waals surface area contributed by atoms with Gasteiger partial charge in [0.25, 0.3) is 0 Å². The maximum Gasteiger partial charge on any atom is 0.129 e. The third-order valence-corrected chi connectivity index (χ3v) is 5.38. The van der Waals surface area contributed by atoms with Crippen LogP contribution in [-0.2, 0) is 6.54 Å². The molecule has 0 aromatic carbocycles. The smallest absolute Gasteiger partial charge is 0.129 e. The van der Waals surface area contributed by atoms with Crippen LogP contribution in [0.15, 0.2) is 18.3 Å². The van der Waals surface area contributed by atoms with E-state index in [0.29, 0.717) is 10.6 Å². The number of piperidine rings is 2. The molecule has 2 saturated heterocycles. The summed E-state index contributed by atoms with van der Waals surface area (Å²) in [5.41, 5.74) is 1.91. The Morgan fingerprint density at radius 1 is 1.10 bits per heavy atom. The first-order chi connectivity index (χ1) is 9.65. The van der Waals surface area contributed by atoms with Crippen LogP contribution >= 0.6 is 11.6 Å². The molecule has 3 heterocycles. The molecular weight excluding hydrogens is 270 g/mol. The molecule has 0 aliphatic carbocycles. The second kappa shape index (κ2) is 6.00. The highest BCUT2D eigenvalue weighted by Gasteiger charge is 2.36. The molecule has 2 aliphatic rings. The number of hydrogen-bond donors (Lipinski definition) is 0. The van der Waals surface area contributed by atoms with Gasteiger partial charge in [0.05, 0.1) is 0 Å². The SMILES string of the molecule is CN1CCC2(CC1)CCN(Cc1ccc(Cl)nc1)CC2. The van der Waals surface area contributed by atoms with Gasteiger partial charge in [-0.25, -0.2) is 4.98 Å². The van der Waals surface area contributed by atoms with Gasteiger partial charge in [-0.15, -0.1) is 0 Å². The Labute approximate surface area is 126 Å². The van der Waals surface area contributed by atoms with Crippen LogP contribution in [-0.4, -0.2) is 48.0 Å². The minimum atomic E-state index is 0.581. The molecule has 4 heteroatoms. The van der Waals surface area contributed by atoms with Gasteiger partial charge in [0.1, 0.15) is 5.15 Å². The van der Waals surface area contributed by atoms with Crippen molar-refractivity contribution >= 4 is 11.6 Å². The van der Waals surface area contributed by atoms with Crippen molar-refractivity contribution in [2.24, 2.45) is 5.41 Å². The zero-order chi connectivity index (χ0) is 14.0. The summed E-state index contributed by atoms with van der Waals surface area (Å²) >= 11 is 5.83. The number of pyridine rings is 1. The zero-order valence-electron chi connectivity index (χ0n) is 12.3. The van der Waals surface area contributed by atoms with Crippen molar-refractivity contribution in [2.75, 3.05) is 33.2 Å². The van der Waals surface area contributed by atoms with Gasteiger partial charge >= 0.3 is 0 Å². The Balaban J connectivity index is 1.52. The van der Waals surface area contributed by atoms with Crippen molar-refractivity contribution in [3.05, 3.63) is 29.0 Å². The monoisotopic (exact) mass is 293 g/mol. The first-order valence-electron chi connectivity index (χ1n) is 7.67. The van der Waals surface area contributed by atoms with Crippen LogP contribution in [0.3, 0.4) is 0 Å². The van der Waals surface area contributed by atoms with E-state index in [1.54, 1.807) is 0 Å². The normalized spacial score (nSPS) is 24.1. The number of hydrogen-bond acceptors (Lipinski definition) is 3. The number of aromatic nitrogens is 1. The van der Waals surface area contributed by atoms with E-state index in [4.69, 9.17) is 11.6 Å². The summed E-state index contributed by atoms with van der Waals surface area (Å²) in [4.78, 5) is 9.20. The van der Waals surface area contributed by atoms with E-state index in [1.807, 2.05) is 12.3 Å². The maximum atomic E-state index is 5.83. The summed E-state index contributed by atoms with van der Waals surface area (Å²) in [6.45, 7) is 6.03. The molecule has 0 N–H and O–H groups in total. The van der Waals surface area contributed by atoms with Gasteiger partial charge in [-0.05, 0) is 76.0 Å².